The summed E-state index contributed by atoms with van der Waals surface area (Å²) in [6, 6.07) is -0.384. The van der Waals surface area contributed by atoms with Crippen LogP contribution < -0.4 is 21.3 Å². The maximum Gasteiger partial charge on any atom is 0.315 e. The molecule has 9 nitrogen and oxygen atoms in total. The van der Waals surface area contributed by atoms with E-state index in [0.29, 0.717) is 12.0 Å². The highest BCUT2D eigenvalue weighted by Gasteiger charge is 2.49. The number of hydrogen-bond acceptors (Lipinski definition) is 7. The van der Waals surface area contributed by atoms with Gasteiger partial charge in [0.2, 0.25) is 0 Å². The van der Waals surface area contributed by atoms with Gasteiger partial charge in [0.25, 0.3) is 0 Å². The van der Waals surface area contributed by atoms with Crippen LogP contribution in [-0.4, -0.2) is 46.8 Å². The van der Waals surface area contributed by atoms with Crippen molar-refractivity contribution in [1.82, 2.24) is 20.6 Å². The van der Waals surface area contributed by atoms with Crippen LogP contribution in [0.3, 0.4) is 0 Å². The van der Waals surface area contributed by atoms with Crippen LogP contribution >= 0.6 is 0 Å². The summed E-state index contributed by atoms with van der Waals surface area (Å²) in [5.41, 5.74) is 11.8. The number of aliphatic hydroxyl groups is 1. The van der Waals surface area contributed by atoms with Gasteiger partial charge in [-0.05, 0) is 117 Å². The van der Waals surface area contributed by atoms with Gasteiger partial charge < -0.3 is 35.2 Å². The van der Waals surface area contributed by atoms with Gasteiger partial charge in [0.05, 0.1) is 25.2 Å². The zero-order valence-corrected chi connectivity index (χ0v) is 36.3. The van der Waals surface area contributed by atoms with E-state index in [1.807, 2.05) is 13.0 Å². The Morgan fingerprint density at radius 2 is 1.76 bits per heavy atom. The van der Waals surface area contributed by atoms with E-state index in [1.54, 1.807) is 0 Å². The highest BCUT2D eigenvalue weighted by Crippen LogP contribution is 2.45. The SMILES string of the molecule is C#C[C@@H]1C(C)=C2/C=C3\NC(C4=c5[nH]/c(c(C)c5[C@H](O)[C@@H]4C(=O)OC)=C\c4[nH]c(c(C)c4CC)/C=C/1N2)[C@@H](CCC(=O)OC/C=C(\C)CCC[C@@H](C)CCCCC)[C@@H]3C. The molecule has 1 unspecified atom stereocenters. The molecule has 5 heterocycles. The number of allylic oxidation sites excluding steroid dienone is 4. The molecule has 6 rings (SSSR count). The van der Waals surface area contributed by atoms with Crippen LogP contribution in [0.25, 0.3) is 17.7 Å². The molecule has 1 aliphatic carbocycles. The van der Waals surface area contributed by atoms with Crippen LogP contribution in [0.15, 0.2) is 40.4 Å². The summed E-state index contributed by atoms with van der Waals surface area (Å²) in [6.45, 7) is 17.5. The molecule has 1 saturated heterocycles. The van der Waals surface area contributed by atoms with Gasteiger partial charge in [-0.15, -0.1) is 6.42 Å². The Balaban J connectivity index is 1.33. The van der Waals surface area contributed by atoms with Crippen molar-refractivity contribution in [3.05, 3.63) is 84.7 Å². The molecule has 8 bridgehead atoms. The fourth-order valence-corrected chi connectivity index (χ4v) is 9.84. The molecule has 0 aromatic carbocycles. The van der Waals surface area contributed by atoms with Crippen LogP contribution in [0, 0.1) is 55.8 Å². The lowest BCUT2D eigenvalue weighted by molar-refractivity contribution is -0.147. The van der Waals surface area contributed by atoms with E-state index < -0.39 is 18.0 Å². The van der Waals surface area contributed by atoms with Crippen molar-refractivity contribution in [3.63, 3.8) is 0 Å². The van der Waals surface area contributed by atoms with E-state index in [2.05, 4.69) is 93.2 Å². The molecule has 0 amide bonds. The van der Waals surface area contributed by atoms with E-state index in [4.69, 9.17) is 15.9 Å². The second-order valence-electron chi connectivity index (χ2n) is 17.3. The molecule has 58 heavy (non-hydrogen) atoms. The third-order valence-corrected chi connectivity index (χ3v) is 13.5. The monoisotopic (exact) mass is 791 g/mol. The number of esters is 2. The highest BCUT2D eigenvalue weighted by molar-refractivity contribution is 5.88. The first-order valence-electron chi connectivity index (χ1n) is 21.7. The number of nitrogens with one attached hydrogen (secondary N) is 4. The van der Waals surface area contributed by atoms with E-state index in [0.717, 1.165) is 86.6 Å². The van der Waals surface area contributed by atoms with E-state index in [-0.39, 0.29) is 42.8 Å². The van der Waals surface area contributed by atoms with Crippen LogP contribution in [-0.2, 0) is 25.5 Å². The number of aliphatic hydroxyl groups excluding tert-OH is 1. The number of aromatic amines is 2. The summed E-state index contributed by atoms with van der Waals surface area (Å²) < 4.78 is 11.1. The first kappa shape index (κ1) is 42.9. The van der Waals surface area contributed by atoms with Gasteiger partial charge >= 0.3 is 11.9 Å². The molecule has 7 atom stereocenters. The highest BCUT2D eigenvalue weighted by atomic mass is 16.5. The Morgan fingerprint density at radius 1 is 1.00 bits per heavy atom. The van der Waals surface area contributed by atoms with Crippen LogP contribution in [0.2, 0.25) is 0 Å². The van der Waals surface area contributed by atoms with Crippen molar-refractivity contribution < 1.29 is 24.2 Å². The van der Waals surface area contributed by atoms with Crippen molar-refractivity contribution in [2.75, 3.05) is 13.7 Å². The largest absolute Gasteiger partial charge is 0.468 e. The lowest BCUT2D eigenvalue weighted by atomic mass is 9.80. The number of terminal acetylenes is 1. The summed E-state index contributed by atoms with van der Waals surface area (Å²) in [7, 11) is 1.37. The number of carbonyl (C=O) groups excluding carboxylic acids is 2. The standard InChI is InChI=1S/C49H66N4O5/c1-11-14-15-17-27(4)18-16-19-28(5)22-23-58-42(54)21-20-35-31(8)38-24-36-29(6)33(12-2)40(50-36)25-37-30(7)34(13-3)41(51-37)26-39-32(9)43-47(53-39)44(46(35)52-38)45(48(43)55)49(56)57-10/h2,22,24-27,31,33,35,45-46,48,50-53,55H,11,13-21,23H2,1,3-10H3/b28-22+,38-24-,39-26-,40-25-/t27-,31-,33+,35-,45+,46?,48-/m0/s1. The Morgan fingerprint density at radius 3 is 2.47 bits per heavy atom. The van der Waals surface area contributed by atoms with Gasteiger partial charge in [-0.1, -0.05) is 71.3 Å². The smallest absolute Gasteiger partial charge is 0.315 e. The second-order valence-corrected chi connectivity index (χ2v) is 17.3. The minimum absolute atomic E-state index is 0.0339. The zero-order chi connectivity index (χ0) is 41.8. The summed E-state index contributed by atoms with van der Waals surface area (Å²) in [4.78, 5) is 34.3. The number of rotatable bonds is 15. The van der Waals surface area contributed by atoms with E-state index >= 15 is 0 Å². The Kier molecular flexibility index (Phi) is 13.7. The lowest BCUT2D eigenvalue weighted by Crippen LogP contribution is -2.37. The summed E-state index contributed by atoms with van der Waals surface area (Å²) in [5.74, 6) is 1.72. The van der Waals surface area contributed by atoms with E-state index in [9.17, 15) is 14.7 Å². The molecule has 4 aliphatic rings. The van der Waals surface area contributed by atoms with Crippen molar-refractivity contribution in [2.24, 2.45) is 29.6 Å². The number of carbonyl (C=O) groups is 2. The Bertz CT molecular complexity index is 2190. The maximum absolute atomic E-state index is 13.6. The molecule has 0 radical (unpaired) electrons. The van der Waals surface area contributed by atoms with Crippen molar-refractivity contribution in [3.8, 4) is 12.3 Å². The summed E-state index contributed by atoms with van der Waals surface area (Å²) >= 11 is 0. The van der Waals surface area contributed by atoms with Crippen molar-refractivity contribution in [2.45, 2.75) is 132 Å². The predicted octanol–water partition coefficient (Wildman–Crippen LogP) is 7.58. The topological polar surface area (TPSA) is 128 Å². The zero-order valence-electron chi connectivity index (χ0n) is 36.3. The molecular weight excluding hydrogens is 725 g/mol. The fourth-order valence-electron chi connectivity index (χ4n) is 9.84. The average Bonchev–Trinajstić information content (AvgIpc) is 3.94. The molecule has 312 valence electrons. The minimum Gasteiger partial charge on any atom is -0.468 e. The number of methoxy groups -OCH3 is 1. The Labute approximate surface area is 345 Å². The molecule has 0 saturated carbocycles. The number of unbranched alkanes of at least 4 members (excludes halogenated alkanes) is 2. The Hall–Kier alpha value is -4.68. The van der Waals surface area contributed by atoms with E-state index in [1.165, 1.54) is 50.4 Å². The number of hydrogen-bond donors (Lipinski definition) is 5. The molecule has 3 aliphatic heterocycles. The van der Waals surface area contributed by atoms with Gasteiger partial charge in [0.15, 0.2) is 0 Å². The van der Waals surface area contributed by atoms with Gasteiger partial charge in [0.1, 0.15) is 12.5 Å². The normalized spacial score (nSPS) is 26.5. The first-order valence-corrected chi connectivity index (χ1v) is 21.7. The predicted molar refractivity (Wildman–Crippen MR) is 232 cm³/mol. The third-order valence-electron chi connectivity index (χ3n) is 13.5. The minimum atomic E-state index is -1.10. The molecule has 2 aromatic rings. The van der Waals surface area contributed by atoms with Gasteiger partial charge in [-0.25, -0.2) is 0 Å². The summed E-state index contributed by atoms with van der Waals surface area (Å²) in [5, 5.41) is 21.0. The number of aromatic nitrogens is 2. The molecule has 0 spiro atoms. The first-order chi connectivity index (χ1) is 27.8. The molecule has 1 fully saturated rings. The molecule has 2 aromatic heterocycles. The second kappa shape index (κ2) is 18.5. The number of H-pyrrole nitrogens is 2. The van der Waals surface area contributed by atoms with Crippen LogP contribution in [0.4, 0.5) is 0 Å². The van der Waals surface area contributed by atoms with Gasteiger partial charge in [-0.3, -0.25) is 9.59 Å². The molecule has 9 heteroatoms. The summed E-state index contributed by atoms with van der Waals surface area (Å²) in [6.07, 6.45) is 23.6. The number of fused-ring (bicyclic) bond motifs is 8. The van der Waals surface area contributed by atoms with Crippen LogP contribution in [0.5, 0.6) is 0 Å². The van der Waals surface area contributed by atoms with Gasteiger partial charge in [-0.2, -0.15) is 0 Å². The lowest BCUT2D eigenvalue weighted by Gasteiger charge is -2.27. The number of ether oxygens (including phenoxy) is 2. The van der Waals surface area contributed by atoms with Gasteiger partial charge in [0, 0.05) is 57.1 Å². The van der Waals surface area contributed by atoms with Crippen molar-refractivity contribution in [1.29, 1.82) is 0 Å². The quantitative estimate of drug-likeness (QED) is 0.0545. The maximum atomic E-state index is 13.6. The third kappa shape index (κ3) is 8.54. The average molecular weight is 791 g/mol. The fraction of sp³-hybridized carbons (Fsp3) is 0.551. The molecular formula is C49H66N4O5. The van der Waals surface area contributed by atoms with Crippen LogP contribution in [0.1, 0.15) is 139 Å². The van der Waals surface area contributed by atoms with Crippen molar-refractivity contribution >= 4 is 29.7 Å². The molecule has 5 N–H and O–H groups in total.